The van der Waals surface area contributed by atoms with E-state index in [0.717, 1.165) is 23.4 Å². The quantitative estimate of drug-likeness (QED) is 0.290. The van der Waals surface area contributed by atoms with Gasteiger partial charge in [-0.05, 0) is 47.9 Å². The van der Waals surface area contributed by atoms with Crippen molar-refractivity contribution >= 4 is 41.3 Å². The van der Waals surface area contributed by atoms with Gasteiger partial charge in [0.2, 0.25) is 0 Å². The zero-order valence-corrected chi connectivity index (χ0v) is 19.5. The number of nitrogens with one attached hydrogen (secondary N) is 2. The maximum absolute atomic E-state index is 10.6. The normalized spacial score (nSPS) is 14.6. The van der Waals surface area contributed by atoms with Crippen LogP contribution in [0.1, 0.15) is 37.8 Å². The summed E-state index contributed by atoms with van der Waals surface area (Å²) in [4.78, 5) is 4.57. The van der Waals surface area contributed by atoms with Gasteiger partial charge in [-0.15, -0.1) is 24.0 Å². The Bertz CT molecular complexity index is 705. The molecular formula is C20H30IN3O2S. The van der Waals surface area contributed by atoms with Gasteiger partial charge in [0, 0.05) is 19.0 Å². The number of rotatable bonds is 8. The molecule has 1 heterocycles. The molecule has 0 spiro atoms. The standard InChI is InChI=1S/C20H29N3O2S.HI/c1-5-21-19(23-14-20(3,24)16-10-11-26-13-16)22-12-15(2)17-8-6-7-9-18(17)25-4;/h6-11,13,15,24H,5,12,14H2,1-4H3,(H2,21,22,23);1H. The molecule has 0 fully saturated rings. The van der Waals surface area contributed by atoms with Crippen LogP contribution >= 0.6 is 35.3 Å². The second-order valence-corrected chi connectivity index (χ2v) is 7.28. The highest BCUT2D eigenvalue weighted by Crippen LogP contribution is 2.25. The number of thiophene rings is 1. The molecule has 3 N–H and O–H groups in total. The molecule has 0 saturated heterocycles. The molecule has 0 amide bonds. The first-order valence-electron chi connectivity index (χ1n) is 8.88. The van der Waals surface area contributed by atoms with Crippen molar-refractivity contribution in [1.29, 1.82) is 0 Å². The summed E-state index contributed by atoms with van der Waals surface area (Å²) >= 11 is 1.57. The van der Waals surface area contributed by atoms with Crippen molar-refractivity contribution in [2.75, 3.05) is 26.7 Å². The number of hydrogen-bond donors (Lipinski definition) is 3. The Morgan fingerprint density at radius 3 is 2.67 bits per heavy atom. The molecule has 5 nitrogen and oxygen atoms in total. The molecule has 2 rings (SSSR count). The molecule has 2 unspecified atom stereocenters. The number of aliphatic hydroxyl groups is 1. The molecular weight excluding hydrogens is 473 g/mol. The highest BCUT2D eigenvalue weighted by atomic mass is 127. The van der Waals surface area contributed by atoms with Gasteiger partial charge >= 0.3 is 0 Å². The summed E-state index contributed by atoms with van der Waals surface area (Å²) in [5, 5.41) is 21.2. The van der Waals surface area contributed by atoms with E-state index in [1.54, 1.807) is 25.4 Å². The molecule has 0 aliphatic heterocycles. The minimum Gasteiger partial charge on any atom is -0.496 e. The van der Waals surface area contributed by atoms with Crippen LogP contribution in [-0.2, 0) is 5.60 Å². The van der Waals surface area contributed by atoms with Gasteiger partial charge in [-0.2, -0.15) is 11.3 Å². The molecule has 27 heavy (non-hydrogen) atoms. The summed E-state index contributed by atoms with van der Waals surface area (Å²) in [5.74, 6) is 1.85. The lowest BCUT2D eigenvalue weighted by atomic mass is 10.00. The topological polar surface area (TPSA) is 65.9 Å². The number of nitrogens with zero attached hydrogens (tertiary/aromatic N) is 1. The maximum Gasteiger partial charge on any atom is 0.191 e. The minimum atomic E-state index is -0.976. The van der Waals surface area contributed by atoms with Crippen molar-refractivity contribution in [3.05, 3.63) is 52.2 Å². The molecule has 0 saturated carbocycles. The third-order valence-electron chi connectivity index (χ3n) is 4.28. The van der Waals surface area contributed by atoms with E-state index in [1.165, 1.54) is 0 Å². The number of halogens is 1. The summed E-state index contributed by atoms with van der Waals surface area (Å²) < 4.78 is 5.45. The van der Waals surface area contributed by atoms with Crippen LogP contribution in [0.2, 0.25) is 0 Å². The second kappa shape index (κ2) is 11.5. The van der Waals surface area contributed by atoms with E-state index in [1.807, 2.05) is 41.9 Å². The lowest BCUT2D eigenvalue weighted by molar-refractivity contribution is 0.0677. The third kappa shape index (κ3) is 6.97. The third-order valence-corrected chi connectivity index (χ3v) is 4.96. The SMILES string of the molecule is CCNC(=NCC(C)(O)c1ccsc1)NCC(C)c1ccccc1OC.I. The Labute approximate surface area is 183 Å². The number of para-hydroxylation sites is 1. The molecule has 7 heteroatoms. The van der Waals surface area contributed by atoms with Crippen LogP contribution in [0, 0.1) is 0 Å². The smallest absolute Gasteiger partial charge is 0.191 e. The average Bonchev–Trinajstić information content (AvgIpc) is 3.19. The zero-order chi connectivity index (χ0) is 19.0. The molecule has 0 aliphatic rings. The van der Waals surface area contributed by atoms with Crippen molar-refractivity contribution < 1.29 is 9.84 Å². The zero-order valence-electron chi connectivity index (χ0n) is 16.4. The summed E-state index contributed by atoms with van der Waals surface area (Å²) in [6.45, 7) is 7.73. The number of ether oxygens (including phenoxy) is 1. The second-order valence-electron chi connectivity index (χ2n) is 6.50. The number of aliphatic imine (C=N–C) groups is 1. The van der Waals surface area contributed by atoms with E-state index in [2.05, 4.69) is 28.6 Å². The van der Waals surface area contributed by atoms with Crippen molar-refractivity contribution in [2.45, 2.75) is 32.3 Å². The van der Waals surface area contributed by atoms with Gasteiger partial charge < -0.3 is 20.5 Å². The van der Waals surface area contributed by atoms with E-state index in [0.29, 0.717) is 19.0 Å². The van der Waals surface area contributed by atoms with Crippen LogP contribution in [0.5, 0.6) is 5.75 Å². The molecule has 1 aromatic carbocycles. The molecule has 0 radical (unpaired) electrons. The summed E-state index contributed by atoms with van der Waals surface area (Å²) in [6.07, 6.45) is 0. The predicted molar refractivity (Wildman–Crippen MR) is 125 cm³/mol. The fraction of sp³-hybridized carbons (Fsp3) is 0.450. The van der Waals surface area contributed by atoms with Gasteiger partial charge in [-0.1, -0.05) is 25.1 Å². The Balaban J connectivity index is 0.00000364. The highest BCUT2D eigenvalue weighted by Gasteiger charge is 2.23. The molecule has 0 aliphatic carbocycles. The van der Waals surface area contributed by atoms with Gasteiger partial charge in [0.1, 0.15) is 11.4 Å². The molecule has 150 valence electrons. The largest absolute Gasteiger partial charge is 0.496 e. The van der Waals surface area contributed by atoms with Crippen LogP contribution in [0.15, 0.2) is 46.1 Å². The van der Waals surface area contributed by atoms with Crippen molar-refractivity contribution in [3.63, 3.8) is 0 Å². The average molecular weight is 503 g/mol. The van der Waals surface area contributed by atoms with Crippen LogP contribution in [0.25, 0.3) is 0 Å². The van der Waals surface area contributed by atoms with Crippen molar-refractivity contribution in [2.24, 2.45) is 4.99 Å². The predicted octanol–water partition coefficient (Wildman–Crippen LogP) is 3.94. The summed E-state index contributed by atoms with van der Waals surface area (Å²) in [5.41, 5.74) is 1.07. The van der Waals surface area contributed by atoms with E-state index in [4.69, 9.17) is 4.74 Å². The van der Waals surface area contributed by atoms with Gasteiger partial charge in [0.25, 0.3) is 0 Å². The van der Waals surface area contributed by atoms with E-state index in [9.17, 15) is 5.11 Å². The lowest BCUT2D eigenvalue weighted by Gasteiger charge is -2.22. The summed E-state index contributed by atoms with van der Waals surface area (Å²) in [6, 6.07) is 9.98. The molecule has 2 atom stereocenters. The van der Waals surface area contributed by atoms with Crippen LogP contribution in [0.4, 0.5) is 0 Å². The van der Waals surface area contributed by atoms with Gasteiger partial charge in [0.05, 0.1) is 13.7 Å². The number of methoxy groups -OCH3 is 1. The van der Waals surface area contributed by atoms with E-state index in [-0.39, 0.29) is 29.9 Å². The highest BCUT2D eigenvalue weighted by molar-refractivity contribution is 14.0. The van der Waals surface area contributed by atoms with E-state index >= 15 is 0 Å². The molecule has 2 aromatic rings. The van der Waals surface area contributed by atoms with Crippen LogP contribution < -0.4 is 15.4 Å². The van der Waals surface area contributed by atoms with E-state index < -0.39 is 5.60 Å². The lowest BCUT2D eigenvalue weighted by Crippen LogP contribution is -2.40. The monoisotopic (exact) mass is 503 g/mol. The first-order valence-corrected chi connectivity index (χ1v) is 9.82. The maximum atomic E-state index is 10.6. The first kappa shape index (κ1) is 23.7. The Morgan fingerprint density at radius 2 is 2.04 bits per heavy atom. The Hall–Kier alpha value is -1.32. The molecule has 0 bridgehead atoms. The number of benzene rings is 1. The molecule has 1 aromatic heterocycles. The van der Waals surface area contributed by atoms with Gasteiger partial charge in [0.15, 0.2) is 5.96 Å². The fourth-order valence-corrected chi connectivity index (χ4v) is 3.45. The Kier molecular flexibility index (Phi) is 10.1. The summed E-state index contributed by atoms with van der Waals surface area (Å²) in [7, 11) is 1.69. The minimum absolute atomic E-state index is 0. The number of guanidine groups is 1. The first-order chi connectivity index (χ1) is 12.5. The Morgan fingerprint density at radius 1 is 1.30 bits per heavy atom. The fourth-order valence-electron chi connectivity index (χ4n) is 2.67. The van der Waals surface area contributed by atoms with Crippen molar-refractivity contribution in [1.82, 2.24) is 10.6 Å². The van der Waals surface area contributed by atoms with Crippen LogP contribution in [0.3, 0.4) is 0 Å². The number of hydrogen-bond acceptors (Lipinski definition) is 4. The van der Waals surface area contributed by atoms with Gasteiger partial charge in [-0.25, -0.2) is 4.99 Å². The van der Waals surface area contributed by atoms with Crippen molar-refractivity contribution in [3.8, 4) is 5.75 Å². The van der Waals surface area contributed by atoms with Gasteiger partial charge in [-0.3, -0.25) is 0 Å². The van der Waals surface area contributed by atoms with Crippen LogP contribution in [-0.4, -0.2) is 37.8 Å².